The number of hydrogen-bond acceptors (Lipinski definition) is 3. The lowest BCUT2D eigenvalue weighted by Crippen LogP contribution is -2.49. The largest absolute Gasteiger partial charge is 0.394 e. The summed E-state index contributed by atoms with van der Waals surface area (Å²) in [5.74, 6) is 0.775. The summed E-state index contributed by atoms with van der Waals surface area (Å²) in [7, 11) is 0. The minimum Gasteiger partial charge on any atom is -0.394 e. The third kappa shape index (κ3) is 5.22. The maximum atomic E-state index is 9.78. The van der Waals surface area contributed by atoms with E-state index in [-0.39, 0.29) is 12.1 Å². The van der Waals surface area contributed by atoms with E-state index in [1.54, 1.807) is 0 Å². The van der Waals surface area contributed by atoms with Gasteiger partial charge in [-0.1, -0.05) is 33.1 Å². The Bertz CT molecular complexity index is 287. The van der Waals surface area contributed by atoms with Gasteiger partial charge in [-0.3, -0.25) is 0 Å². The van der Waals surface area contributed by atoms with Gasteiger partial charge in [0, 0.05) is 18.2 Å². The summed E-state index contributed by atoms with van der Waals surface area (Å²) in [6.07, 6.45) is 12.7. The normalized spacial score (nSPS) is 29.3. The van der Waals surface area contributed by atoms with Crippen LogP contribution in [-0.4, -0.2) is 36.0 Å². The Morgan fingerprint density at radius 2 is 1.90 bits per heavy atom. The van der Waals surface area contributed by atoms with Gasteiger partial charge < -0.3 is 15.2 Å². The third-order valence-corrected chi connectivity index (χ3v) is 5.56. The molecule has 2 aliphatic rings. The number of rotatable bonds is 10. The van der Waals surface area contributed by atoms with E-state index in [9.17, 15) is 5.11 Å². The Balaban J connectivity index is 1.69. The van der Waals surface area contributed by atoms with E-state index in [0.717, 1.165) is 31.8 Å². The van der Waals surface area contributed by atoms with Crippen molar-refractivity contribution in [1.29, 1.82) is 0 Å². The Hall–Kier alpha value is -0.120. The van der Waals surface area contributed by atoms with Crippen LogP contribution in [0.25, 0.3) is 0 Å². The van der Waals surface area contributed by atoms with Gasteiger partial charge in [-0.2, -0.15) is 0 Å². The summed E-state index contributed by atoms with van der Waals surface area (Å²) in [6.45, 7) is 5.58. The first-order valence-electron chi connectivity index (χ1n) is 9.23. The molecule has 2 fully saturated rings. The van der Waals surface area contributed by atoms with Gasteiger partial charge in [0.15, 0.2) is 0 Å². The lowest BCUT2D eigenvalue weighted by Gasteiger charge is -2.34. The van der Waals surface area contributed by atoms with Crippen molar-refractivity contribution in [3.63, 3.8) is 0 Å². The van der Waals surface area contributed by atoms with Crippen LogP contribution in [0.1, 0.15) is 78.1 Å². The maximum Gasteiger partial charge on any atom is 0.0613 e. The predicted molar refractivity (Wildman–Crippen MR) is 87.5 cm³/mol. The number of nitrogens with one attached hydrogen (secondary N) is 1. The van der Waals surface area contributed by atoms with Crippen LogP contribution in [0.4, 0.5) is 0 Å². The fourth-order valence-corrected chi connectivity index (χ4v) is 3.75. The van der Waals surface area contributed by atoms with E-state index in [1.807, 2.05) is 0 Å². The number of ether oxygens (including phenoxy) is 1. The lowest BCUT2D eigenvalue weighted by molar-refractivity contribution is -0.0167. The van der Waals surface area contributed by atoms with Crippen molar-refractivity contribution in [2.24, 2.45) is 5.92 Å². The standard InChI is InChI=1S/C18H35NO2/c1-3-15-8-5-6-9-17(15)21-13-7-12-18(4-2,14-20)19-16-10-11-16/h15-17,19-20H,3-14H2,1-2H3. The molecule has 0 spiro atoms. The molecule has 0 saturated heterocycles. The molecule has 0 radical (unpaired) electrons. The molecule has 2 aliphatic carbocycles. The van der Waals surface area contributed by atoms with Crippen LogP contribution in [0.3, 0.4) is 0 Å². The van der Waals surface area contributed by atoms with Crippen molar-refractivity contribution in [2.75, 3.05) is 13.2 Å². The van der Waals surface area contributed by atoms with Gasteiger partial charge in [0.05, 0.1) is 12.7 Å². The van der Waals surface area contributed by atoms with Crippen molar-refractivity contribution in [1.82, 2.24) is 5.32 Å². The van der Waals surface area contributed by atoms with Crippen LogP contribution in [0.5, 0.6) is 0 Å². The summed E-state index contributed by atoms with van der Waals surface area (Å²) in [5.41, 5.74) is -0.0682. The van der Waals surface area contributed by atoms with Gasteiger partial charge in [0.1, 0.15) is 0 Å². The van der Waals surface area contributed by atoms with Crippen LogP contribution in [-0.2, 0) is 4.74 Å². The number of aliphatic hydroxyl groups excluding tert-OH is 1. The van der Waals surface area contributed by atoms with Gasteiger partial charge in [-0.25, -0.2) is 0 Å². The van der Waals surface area contributed by atoms with Gasteiger partial charge in [-0.05, 0) is 50.9 Å². The molecule has 0 aromatic rings. The minimum atomic E-state index is -0.0682. The number of aliphatic hydroxyl groups is 1. The zero-order chi connectivity index (χ0) is 15.1. The van der Waals surface area contributed by atoms with Gasteiger partial charge in [0.2, 0.25) is 0 Å². The van der Waals surface area contributed by atoms with E-state index in [1.165, 1.54) is 44.9 Å². The van der Waals surface area contributed by atoms with Crippen molar-refractivity contribution in [3.8, 4) is 0 Å². The molecule has 3 heteroatoms. The van der Waals surface area contributed by atoms with Crippen LogP contribution < -0.4 is 5.32 Å². The summed E-state index contributed by atoms with van der Waals surface area (Å²) in [6, 6.07) is 0.654. The molecule has 0 aromatic heterocycles. The topological polar surface area (TPSA) is 41.5 Å². The first kappa shape index (κ1) is 17.2. The summed E-state index contributed by atoms with van der Waals surface area (Å²) < 4.78 is 6.18. The second-order valence-electron chi connectivity index (χ2n) is 7.18. The van der Waals surface area contributed by atoms with Gasteiger partial charge >= 0.3 is 0 Å². The number of hydrogen-bond donors (Lipinski definition) is 2. The fraction of sp³-hybridized carbons (Fsp3) is 1.00. The molecule has 2 saturated carbocycles. The monoisotopic (exact) mass is 297 g/mol. The first-order chi connectivity index (χ1) is 10.2. The molecule has 21 heavy (non-hydrogen) atoms. The van der Waals surface area contributed by atoms with Crippen LogP contribution >= 0.6 is 0 Å². The zero-order valence-corrected chi connectivity index (χ0v) is 14.1. The van der Waals surface area contributed by atoms with E-state index in [0.29, 0.717) is 12.1 Å². The summed E-state index contributed by atoms with van der Waals surface area (Å²) in [5, 5.41) is 13.4. The average Bonchev–Trinajstić information content (AvgIpc) is 3.34. The van der Waals surface area contributed by atoms with E-state index < -0.39 is 0 Å². The molecular formula is C18H35NO2. The van der Waals surface area contributed by atoms with Gasteiger partial charge in [-0.15, -0.1) is 0 Å². The lowest BCUT2D eigenvalue weighted by atomic mass is 9.84. The highest BCUT2D eigenvalue weighted by Gasteiger charge is 2.34. The van der Waals surface area contributed by atoms with Crippen molar-refractivity contribution in [2.45, 2.75) is 95.7 Å². The smallest absolute Gasteiger partial charge is 0.0613 e. The van der Waals surface area contributed by atoms with Gasteiger partial charge in [0.25, 0.3) is 0 Å². The highest BCUT2D eigenvalue weighted by atomic mass is 16.5. The molecule has 3 unspecified atom stereocenters. The molecule has 0 aliphatic heterocycles. The minimum absolute atomic E-state index is 0.0682. The molecule has 0 bridgehead atoms. The Morgan fingerprint density at radius 1 is 1.14 bits per heavy atom. The molecule has 0 aromatic carbocycles. The highest BCUT2D eigenvalue weighted by Crippen LogP contribution is 2.30. The van der Waals surface area contributed by atoms with Crippen molar-refractivity contribution < 1.29 is 9.84 Å². The van der Waals surface area contributed by atoms with Crippen molar-refractivity contribution >= 4 is 0 Å². The molecule has 2 N–H and O–H groups in total. The Labute approximate surface area is 130 Å². The van der Waals surface area contributed by atoms with Crippen molar-refractivity contribution in [3.05, 3.63) is 0 Å². The molecule has 2 rings (SSSR count). The molecule has 0 amide bonds. The fourth-order valence-electron chi connectivity index (χ4n) is 3.75. The molecule has 124 valence electrons. The molecular weight excluding hydrogens is 262 g/mol. The first-order valence-corrected chi connectivity index (χ1v) is 9.23. The highest BCUT2D eigenvalue weighted by molar-refractivity contribution is 4.94. The second-order valence-corrected chi connectivity index (χ2v) is 7.18. The molecule has 3 atom stereocenters. The van der Waals surface area contributed by atoms with Crippen LogP contribution in [0.2, 0.25) is 0 Å². The SMILES string of the molecule is CCC1CCCCC1OCCCC(CC)(CO)NC1CC1. The summed E-state index contributed by atoms with van der Waals surface area (Å²) in [4.78, 5) is 0. The molecule has 0 heterocycles. The zero-order valence-electron chi connectivity index (χ0n) is 14.1. The third-order valence-electron chi connectivity index (χ3n) is 5.56. The quantitative estimate of drug-likeness (QED) is 0.605. The maximum absolute atomic E-state index is 9.78. The van der Waals surface area contributed by atoms with E-state index in [2.05, 4.69) is 19.2 Å². The van der Waals surface area contributed by atoms with E-state index >= 15 is 0 Å². The van der Waals surface area contributed by atoms with Crippen LogP contribution in [0, 0.1) is 5.92 Å². The second kappa shape index (κ2) is 8.50. The molecule has 3 nitrogen and oxygen atoms in total. The Kier molecular flexibility index (Phi) is 6.97. The predicted octanol–water partition coefficient (Wildman–Crippen LogP) is 3.65. The van der Waals surface area contributed by atoms with Crippen LogP contribution in [0.15, 0.2) is 0 Å². The average molecular weight is 297 g/mol. The summed E-state index contributed by atoms with van der Waals surface area (Å²) >= 11 is 0. The Morgan fingerprint density at radius 3 is 2.52 bits per heavy atom. The van der Waals surface area contributed by atoms with E-state index in [4.69, 9.17) is 4.74 Å².